The molecule has 2 aliphatic rings. The van der Waals surface area contributed by atoms with Crippen LogP contribution in [-0.2, 0) is 4.74 Å². The van der Waals surface area contributed by atoms with Crippen LogP contribution in [0, 0.1) is 0 Å². The molecule has 0 unspecified atom stereocenters. The maximum atomic E-state index is 5.70. The summed E-state index contributed by atoms with van der Waals surface area (Å²) in [7, 11) is 0. The van der Waals surface area contributed by atoms with E-state index in [2.05, 4.69) is 5.32 Å². The van der Waals surface area contributed by atoms with Gasteiger partial charge in [0.05, 0.1) is 12.7 Å². The average molecular weight is 155 g/mol. The fraction of sp³-hybridized carbons (Fsp3) is 1.00. The highest BCUT2D eigenvalue weighted by molar-refractivity contribution is 4.82. The molecule has 2 nitrogen and oxygen atoms in total. The lowest BCUT2D eigenvalue weighted by Crippen LogP contribution is -2.47. The van der Waals surface area contributed by atoms with Gasteiger partial charge in [-0.2, -0.15) is 0 Å². The number of hydrogen-bond acceptors (Lipinski definition) is 2. The highest BCUT2D eigenvalue weighted by Gasteiger charge is 2.26. The third kappa shape index (κ3) is 1.74. The summed E-state index contributed by atoms with van der Waals surface area (Å²) < 4.78 is 5.70. The van der Waals surface area contributed by atoms with Gasteiger partial charge in [0, 0.05) is 12.6 Å². The summed E-state index contributed by atoms with van der Waals surface area (Å²) in [6.45, 7) is 1.97. The van der Waals surface area contributed by atoms with Crippen molar-refractivity contribution in [1.29, 1.82) is 0 Å². The van der Waals surface area contributed by atoms with Crippen molar-refractivity contribution in [2.75, 3.05) is 13.2 Å². The number of ether oxygens (including phenoxy) is 1. The summed E-state index contributed by atoms with van der Waals surface area (Å²) in [6, 6.07) is 0.672. The van der Waals surface area contributed by atoms with Crippen molar-refractivity contribution in [1.82, 2.24) is 5.32 Å². The number of nitrogens with one attached hydrogen (secondary N) is 1. The normalized spacial score (nSPS) is 39.3. The molecule has 0 bridgehead atoms. The van der Waals surface area contributed by atoms with Gasteiger partial charge >= 0.3 is 0 Å². The molecule has 1 N–H and O–H groups in total. The van der Waals surface area contributed by atoms with Crippen LogP contribution in [-0.4, -0.2) is 25.3 Å². The summed E-state index contributed by atoms with van der Waals surface area (Å²) in [5.41, 5.74) is 0. The molecule has 0 aromatic carbocycles. The first-order valence-corrected chi connectivity index (χ1v) is 4.82. The Morgan fingerprint density at radius 2 is 2.00 bits per heavy atom. The molecule has 64 valence electrons. The van der Waals surface area contributed by atoms with Crippen LogP contribution in [0.2, 0.25) is 0 Å². The van der Waals surface area contributed by atoms with Crippen LogP contribution in [0.5, 0.6) is 0 Å². The Bertz CT molecular complexity index is 113. The van der Waals surface area contributed by atoms with E-state index in [-0.39, 0.29) is 0 Å². The maximum Gasteiger partial charge on any atom is 0.0728 e. The summed E-state index contributed by atoms with van der Waals surface area (Å²) in [5, 5.41) is 3.54. The minimum atomic E-state index is 0.534. The Morgan fingerprint density at radius 3 is 3.00 bits per heavy atom. The summed E-state index contributed by atoms with van der Waals surface area (Å²) >= 11 is 0. The Labute approximate surface area is 68.3 Å². The van der Waals surface area contributed by atoms with E-state index >= 15 is 0 Å². The minimum Gasteiger partial charge on any atom is -0.375 e. The second-order valence-corrected chi connectivity index (χ2v) is 3.61. The molecule has 1 aliphatic carbocycles. The molecule has 0 amide bonds. The highest BCUT2D eigenvalue weighted by Crippen LogP contribution is 2.22. The average Bonchev–Trinajstić information content (AvgIpc) is 2.28. The van der Waals surface area contributed by atoms with Crippen molar-refractivity contribution < 1.29 is 4.74 Å². The van der Waals surface area contributed by atoms with Gasteiger partial charge in [-0.15, -0.1) is 0 Å². The van der Waals surface area contributed by atoms with Gasteiger partial charge in [0.1, 0.15) is 0 Å². The quantitative estimate of drug-likeness (QED) is 0.569. The molecule has 2 atom stereocenters. The van der Waals surface area contributed by atoms with Gasteiger partial charge in [-0.05, 0) is 12.8 Å². The Kier molecular flexibility index (Phi) is 2.44. The van der Waals surface area contributed by atoms with Crippen molar-refractivity contribution >= 4 is 0 Å². The third-order valence-corrected chi connectivity index (χ3v) is 2.79. The van der Waals surface area contributed by atoms with Gasteiger partial charge in [0.15, 0.2) is 0 Å². The zero-order chi connectivity index (χ0) is 7.52. The SMILES string of the molecule is C1CC[C@@H]2NCCO[C@@H]2CC1. The fourth-order valence-electron chi connectivity index (χ4n) is 2.16. The monoisotopic (exact) mass is 155 g/mol. The third-order valence-electron chi connectivity index (χ3n) is 2.79. The molecule has 0 radical (unpaired) electrons. The minimum absolute atomic E-state index is 0.534. The maximum absolute atomic E-state index is 5.70. The molecular formula is C9H17NO. The van der Waals surface area contributed by atoms with E-state index in [1.165, 1.54) is 32.1 Å². The molecule has 0 aromatic heterocycles. The molecule has 1 saturated heterocycles. The molecule has 2 heteroatoms. The van der Waals surface area contributed by atoms with Crippen molar-refractivity contribution in [2.24, 2.45) is 0 Å². The van der Waals surface area contributed by atoms with Gasteiger partial charge < -0.3 is 10.1 Å². The zero-order valence-electron chi connectivity index (χ0n) is 7.01. The van der Waals surface area contributed by atoms with E-state index in [0.29, 0.717) is 12.1 Å². The first kappa shape index (κ1) is 7.56. The molecule has 1 heterocycles. The highest BCUT2D eigenvalue weighted by atomic mass is 16.5. The molecule has 1 saturated carbocycles. The van der Waals surface area contributed by atoms with Crippen LogP contribution in [0.1, 0.15) is 32.1 Å². The largest absolute Gasteiger partial charge is 0.375 e. The Morgan fingerprint density at radius 1 is 1.09 bits per heavy atom. The van der Waals surface area contributed by atoms with Gasteiger partial charge in [-0.1, -0.05) is 19.3 Å². The topological polar surface area (TPSA) is 21.3 Å². The standard InChI is InChI=1S/C9H17NO/c1-2-4-8-9(5-3-1)11-7-6-10-8/h8-10H,1-7H2/t8-,9+/m0/s1. The summed E-state index contributed by atoms with van der Waals surface area (Å²) in [6.07, 6.45) is 7.28. The number of morpholine rings is 1. The van der Waals surface area contributed by atoms with E-state index in [0.717, 1.165) is 13.2 Å². The lowest BCUT2D eigenvalue weighted by atomic mass is 10.1. The van der Waals surface area contributed by atoms with Crippen molar-refractivity contribution in [3.8, 4) is 0 Å². The zero-order valence-corrected chi connectivity index (χ0v) is 7.01. The summed E-state index contributed by atoms with van der Waals surface area (Å²) in [4.78, 5) is 0. The van der Waals surface area contributed by atoms with Gasteiger partial charge in [-0.25, -0.2) is 0 Å². The van der Waals surface area contributed by atoms with E-state index < -0.39 is 0 Å². The van der Waals surface area contributed by atoms with Crippen LogP contribution in [0.3, 0.4) is 0 Å². The van der Waals surface area contributed by atoms with E-state index in [1.807, 2.05) is 0 Å². The fourth-order valence-corrected chi connectivity index (χ4v) is 2.16. The Balaban J connectivity index is 1.93. The molecule has 1 aliphatic heterocycles. The van der Waals surface area contributed by atoms with Gasteiger partial charge in [-0.3, -0.25) is 0 Å². The molecule has 2 rings (SSSR count). The second kappa shape index (κ2) is 3.55. The smallest absolute Gasteiger partial charge is 0.0728 e. The van der Waals surface area contributed by atoms with Crippen LogP contribution in [0.25, 0.3) is 0 Å². The lowest BCUT2D eigenvalue weighted by Gasteiger charge is -2.31. The first-order chi connectivity index (χ1) is 5.47. The van der Waals surface area contributed by atoms with Crippen LogP contribution in [0.4, 0.5) is 0 Å². The van der Waals surface area contributed by atoms with Crippen LogP contribution >= 0.6 is 0 Å². The molecular weight excluding hydrogens is 138 g/mol. The number of hydrogen-bond donors (Lipinski definition) is 1. The van der Waals surface area contributed by atoms with Gasteiger partial charge in [0.25, 0.3) is 0 Å². The van der Waals surface area contributed by atoms with Crippen LogP contribution < -0.4 is 5.32 Å². The van der Waals surface area contributed by atoms with Crippen molar-refractivity contribution in [2.45, 2.75) is 44.2 Å². The van der Waals surface area contributed by atoms with E-state index in [9.17, 15) is 0 Å². The van der Waals surface area contributed by atoms with Crippen molar-refractivity contribution in [3.63, 3.8) is 0 Å². The predicted molar refractivity (Wildman–Crippen MR) is 44.6 cm³/mol. The predicted octanol–water partition coefficient (Wildman–Crippen LogP) is 1.31. The van der Waals surface area contributed by atoms with E-state index in [4.69, 9.17) is 4.74 Å². The van der Waals surface area contributed by atoms with Gasteiger partial charge in [0.2, 0.25) is 0 Å². The Hall–Kier alpha value is -0.0800. The summed E-state index contributed by atoms with van der Waals surface area (Å²) in [5.74, 6) is 0. The number of fused-ring (bicyclic) bond motifs is 1. The van der Waals surface area contributed by atoms with E-state index in [1.54, 1.807) is 0 Å². The number of rotatable bonds is 0. The van der Waals surface area contributed by atoms with Crippen LogP contribution in [0.15, 0.2) is 0 Å². The first-order valence-electron chi connectivity index (χ1n) is 4.82. The molecule has 0 spiro atoms. The molecule has 0 aromatic rings. The second-order valence-electron chi connectivity index (χ2n) is 3.61. The lowest BCUT2D eigenvalue weighted by molar-refractivity contribution is -0.00701. The van der Waals surface area contributed by atoms with Crippen molar-refractivity contribution in [3.05, 3.63) is 0 Å². The molecule has 2 fully saturated rings. The molecule has 11 heavy (non-hydrogen) atoms.